The quantitative estimate of drug-likeness (QED) is 0.757. The molecule has 1 aromatic rings. The minimum atomic E-state index is 0.483. The van der Waals surface area contributed by atoms with Gasteiger partial charge < -0.3 is 5.11 Å². The first-order chi connectivity index (χ1) is 6.77. The summed E-state index contributed by atoms with van der Waals surface area (Å²) < 4.78 is 0. The summed E-state index contributed by atoms with van der Waals surface area (Å²) in [6.45, 7) is 2.09. The third-order valence-corrected chi connectivity index (χ3v) is 3.35. The molecule has 0 amide bonds. The van der Waals surface area contributed by atoms with Gasteiger partial charge in [-0.3, -0.25) is 0 Å². The van der Waals surface area contributed by atoms with Gasteiger partial charge in [-0.2, -0.15) is 0 Å². The number of phenols is 1. The van der Waals surface area contributed by atoms with Crippen molar-refractivity contribution in [3.63, 3.8) is 0 Å². The van der Waals surface area contributed by atoms with Gasteiger partial charge in [-0.1, -0.05) is 37.8 Å². The Kier molecular flexibility index (Phi) is 2.76. The van der Waals surface area contributed by atoms with E-state index in [-0.39, 0.29) is 0 Å². The number of aromatic hydroxyl groups is 1. The summed E-state index contributed by atoms with van der Waals surface area (Å²) in [5.41, 5.74) is 2.40. The second kappa shape index (κ2) is 4.04. The number of aryl methyl sites for hydroxylation is 1. The number of hydrogen-bond donors (Lipinski definition) is 1. The maximum Gasteiger partial charge on any atom is 0.119 e. The van der Waals surface area contributed by atoms with Crippen molar-refractivity contribution in [2.24, 2.45) is 5.92 Å². The average Bonchev–Trinajstić information content (AvgIpc) is 2.64. The second-order valence-corrected chi connectivity index (χ2v) is 4.43. The molecule has 14 heavy (non-hydrogen) atoms. The van der Waals surface area contributed by atoms with Crippen LogP contribution in [0.3, 0.4) is 0 Å². The van der Waals surface area contributed by atoms with Gasteiger partial charge in [-0.15, -0.1) is 0 Å². The lowest BCUT2D eigenvalue weighted by atomic mass is 9.94. The van der Waals surface area contributed by atoms with Gasteiger partial charge in [-0.05, 0) is 36.5 Å². The summed E-state index contributed by atoms with van der Waals surface area (Å²) in [6, 6.07) is 5.81. The maximum absolute atomic E-state index is 9.75. The molecule has 0 unspecified atom stereocenters. The SMILES string of the molecule is Cc1cccc(O)c1CC1CCCC1. The molecule has 0 spiro atoms. The Morgan fingerprint density at radius 2 is 2.00 bits per heavy atom. The average molecular weight is 190 g/mol. The van der Waals surface area contributed by atoms with E-state index in [0.29, 0.717) is 5.75 Å². The van der Waals surface area contributed by atoms with E-state index in [4.69, 9.17) is 0 Å². The highest BCUT2D eigenvalue weighted by atomic mass is 16.3. The van der Waals surface area contributed by atoms with Gasteiger partial charge in [0.15, 0.2) is 0 Å². The maximum atomic E-state index is 9.75. The number of phenolic OH excluding ortho intramolecular Hbond substituents is 1. The third kappa shape index (κ3) is 1.92. The molecule has 0 radical (unpaired) electrons. The van der Waals surface area contributed by atoms with Gasteiger partial charge in [0.2, 0.25) is 0 Å². The van der Waals surface area contributed by atoms with Crippen LogP contribution in [0.2, 0.25) is 0 Å². The fourth-order valence-electron chi connectivity index (χ4n) is 2.46. The number of rotatable bonds is 2. The number of benzene rings is 1. The molecular formula is C13H18O. The van der Waals surface area contributed by atoms with Crippen molar-refractivity contribution in [1.82, 2.24) is 0 Å². The predicted molar refractivity (Wildman–Crippen MR) is 58.5 cm³/mol. The summed E-state index contributed by atoms with van der Waals surface area (Å²) in [4.78, 5) is 0. The van der Waals surface area contributed by atoms with Crippen LogP contribution in [0.15, 0.2) is 18.2 Å². The highest BCUT2D eigenvalue weighted by Gasteiger charge is 2.17. The topological polar surface area (TPSA) is 20.2 Å². The Morgan fingerprint density at radius 3 is 2.64 bits per heavy atom. The Bertz CT molecular complexity index is 291. The summed E-state index contributed by atoms with van der Waals surface area (Å²) in [5, 5.41) is 9.75. The van der Waals surface area contributed by atoms with Crippen LogP contribution >= 0.6 is 0 Å². The molecule has 1 saturated carbocycles. The van der Waals surface area contributed by atoms with Crippen molar-refractivity contribution in [3.05, 3.63) is 29.3 Å². The van der Waals surface area contributed by atoms with Crippen LogP contribution < -0.4 is 0 Å². The van der Waals surface area contributed by atoms with E-state index in [2.05, 4.69) is 13.0 Å². The summed E-state index contributed by atoms with van der Waals surface area (Å²) >= 11 is 0. The molecule has 0 heterocycles. The van der Waals surface area contributed by atoms with Gasteiger partial charge >= 0.3 is 0 Å². The predicted octanol–water partition coefficient (Wildman–Crippen LogP) is 3.43. The first kappa shape index (κ1) is 9.57. The van der Waals surface area contributed by atoms with Gasteiger partial charge in [0, 0.05) is 0 Å². The minimum Gasteiger partial charge on any atom is -0.508 e. The van der Waals surface area contributed by atoms with Gasteiger partial charge in [0.05, 0.1) is 0 Å². The van der Waals surface area contributed by atoms with E-state index < -0.39 is 0 Å². The lowest BCUT2D eigenvalue weighted by Gasteiger charge is -2.12. The van der Waals surface area contributed by atoms with Crippen LogP contribution in [0.25, 0.3) is 0 Å². The van der Waals surface area contributed by atoms with E-state index in [1.54, 1.807) is 6.07 Å². The zero-order valence-electron chi connectivity index (χ0n) is 8.79. The molecule has 0 aromatic heterocycles. The normalized spacial score (nSPS) is 17.5. The van der Waals surface area contributed by atoms with Crippen LogP contribution in [-0.4, -0.2) is 5.11 Å². The third-order valence-electron chi connectivity index (χ3n) is 3.35. The molecule has 76 valence electrons. The highest BCUT2D eigenvalue weighted by molar-refractivity contribution is 5.38. The van der Waals surface area contributed by atoms with Crippen LogP contribution in [0.4, 0.5) is 0 Å². The van der Waals surface area contributed by atoms with Crippen molar-refractivity contribution in [2.45, 2.75) is 39.0 Å². The molecule has 0 atom stereocenters. The molecule has 1 heteroatoms. The smallest absolute Gasteiger partial charge is 0.119 e. The van der Waals surface area contributed by atoms with Crippen LogP contribution in [0.5, 0.6) is 5.75 Å². The van der Waals surface area contributed by atoms with Gasteiger partial charge in [0.25, 0.3) is 0 Å². The van der Waals surface area contributed by atoms with Crippen LogP contribution in [-0.2, 0) is 6.42 Å². The molecule has 0 bridgehead atoms. The molecule has 1 aromatic carbocycles. The second-order valence-electron chi connectivity index (χ2n) is 4.43. The molecule has 2 rings (SSSR count). The molecule has 1 nitrogen and oxygen atoms in total. The van der Waals surface area contributed by atoms with Gasteiger partial charge in [0.1, 0.15) is 5.75 Å². The Balaban J connectivity index is 2.14. The molecular weight excluding hydrogens is 172 g/mol. The van der Waals surface area contributed by atoms with Crippen molar-refractivity contribution in [3.8, 4) is 5.75 Å². The van der Waals surface area contributed by atoms with Crippen LogP contribution in [0.1, 0.15) is 36.8 Å². The lowest BCUT2D eigenvalue weighted by Crippen LogP contribution is -2.00. The summed E-state index contributed by atoms with van der Waals surface area (Å²) in [5.74, 6) is 1.29. The van der Waals surface area contributed by atoms with Crippen molar-refractivity contribution >= 4 is 0 Å². The molecule has 1 aliphatic rings. The van der Waals surface area contributed by atoms with Crippen molar-refractivity contribution < 1.29 is 5.11 Å². The van der Waals surface area contributed by atoms with E-state index in [1.165, 1.54) is 36.8 Å². The number of hydrogen-bond acceptors (Lipinski definition) is 1. The van der Waals surface area contributed by atoms with E-state index >= 15 is 0 Å². The van der Waals surface area contributed by atoms with E-state index in [1.807, 2.05) is 6.07 Å². The minimum absolute atomic E-state index is 0.483. The highest BCUT2D eigenvalue weighted by Crippen LogP contribution is 2.31. The largest absolute Gasteiger partial charge is 0.508 e. The van der Waals surface area contributed by atoms with Crippen molar-refractivity contribution in [2.75, 3.05) is 0 Å². The lowest BCUT2D eigenvalue weighted by molar-refractivity contribution is 0.454. The Morgan fingerprint density at radius 1 is 1.29 bits per heavy atom. The fourth-order valence-corrected chi connectivity index (χ4v) is 2.46. The molecule has 0 saturated heterocycles. The molecule has 1 N–H and O–H groups in total. The Labute approximate surface area is 85.8 Å². The van der Waals surface area contributed by atoms with Gasteiger partial charge in [-0.25, -0.2) is 0 Å². The first-order valence-electron chi connectivity index (χ1n) is 5.55. The summed E-state index contributed by atoms with van der Waals surface area (Å²) in [6.07, 6.45) is 6.49. The Hall–Kier alpha value is -0.980. The molecule has 1 aliphatic carbocycles. The monoisotopic (exact) mass is 190 g/mol. The zero-order chi connectivity index (χ0) is 9.97. The molecule has 0 aliphatic heterocycles. The van der Waals surface area contributed by atoms with Crippen molar-refractivity contribution in [1.29, 1.82) is 0 Å². The molecule has 1 fully saturated rings. The van der Waals surface area contributed by atoms with E-state index in [0.717, 1.165) is 12.3 Å². The van der Waals surface area contributed by atoms with E-state index in [9.17, 15) is 5.11 Å². The fraction of sp³-hybridized carbons (Fsp3) is 0.538. The standard InChI is InChI=1S/C13H18O/c1-10-5-4-8-13(14)12(10)9-11-6-2-3-7-11/h4-5,8,11,14H,2-3,6-7,9H2,1H3. The summed E-state index contributed by atoms with van der Waals surface area (Å²) in [7, 11) is 0. The first-order valence-corrected chi connectivity index (χ1v) is 5.55. The van der Waals surface area contributed by atoms with Crippen LogP contribution in [0, 0.1) is 12.8 Å². The zero-order valence-corrected chi connectivity index (χ0v) is 8.79.